The molecule has 1 aromatic carbocycles. The van der Waals surface area contributed by atoms with Crippen molar-refractivity contribution in [2.24, 2.45) is 5.92 Å². The van der Waals surface area contributed by atoms with E-state index in [0.29, 0.717) is 28.6 Å². The summed E-state index contributed by atoms with van der Waals surface area (Å²) < 4.78 is 25.6. The predicted molar refractivity (Wildman–Crippen MR) is 86.4 cm³/mol. The maximum atomic E-state index is 12.8. The molecule has 5 heteroatoms. The van der Waals surface area contributed by atoms with E-state index in [9.17, 15) is 8.78 Å². The first-order valence-electron chi connectivity index (χ1n) is 7.36. The van der Waals surface area contributed by atoms with E-state index < -0.39 is 5.76 Å². The summed E-state index contributed by atoms with van der Waals surface area (Å²) in [6.45, 7) is 10.4. The van der Waals surface area contributed by atoms with Crippen LogP contribution in [0, 0.1) is 5.92 Å². The maximum Gasteiger partial charge on any atom is 0.288 e. The average Bonchev–Trinajstić information content (AvgIpc) is 2.37. The highest BCUT2D eigenvalue weighted by Crippen LogP contribution is 2.37. The molecule has 1 N–H and O–H groups in total. The Morgan fingerprint density at radius 2 is 1.95 bits per heavy atom. The Kier molecular flexibility index (Phi) is 5.15. The standard InChI is InChI=1S/C16H24F2N2S/c1-11(2)13-9-19-16(3,4)10-20(13)12-7-5-6-8-14(12)21-15(17)18/h5-8,11,13,15,19H,9-10H2,1-4H3. The van der Waals surface area contributed by atoms with Crippen LogP contribution in [-0.4, -0.2) is 30.4 Å². The molecule has 1 fully saturated rings. The number of para-hydroxylation sites is 1. The first-order valence-corrected chi connectivity index (χ1v) is 8.23. The van der Waals surface area contributed by atoms with Crippen LogP contribution in [0.2, 0.25) is 0 Å². The van der Waals surface area contributed by atoms with Crippen molar-refractivity contribution >= 4 is 17.4 Å². The topological polar surface area (TPSA) is 15.3 Å². The summed E-state index contributed by atoms with van der Waals surface area (Å²) >= 11 is 0.637. The summed E-state index contributed by atoms with van der Waals surface area (Å²) in [6.07, 6.45) is 0. The summed E-state index contributed by atoms with van der Waals surface area (Å²) in [4.78, 5) is 2.96. The fraction of sp³-hybridized carbons (Fsp3) is 0.625. The number of alkyl halides is 2. The molecule has 2 nitrogen and oxygen atoms in total. The van der Waals surface area contributed by atoms with Crippen LogP contribution in [0.1, 0.15) is 27.7 Å². The van der Waals surface area contributed by atoms with Gasteiger partial charge in [-0.3, -0.25) is 0 Å². The Balaban J connectivity index is 2.36. The van der Waals surface area contributed by atoms with Crippen molar-refractivity contribution in [2.45, 2.75) is 49.9 Å². The number of thioether (sulfide) groups is 1. The Hall–Kier alpha value is -0.810. The molecule has 1 saturated heterocycles. The Bertz CT molecular complexity index is 477. The Morgan fingerprint density at radius 3 is 2.57 bits per heavy atom. The van der Waals surface area contributed by atoms with Gasteiger partial charge in [0.05, 0.1) is 5.69 Å². The van der Waals surface area contributed by atoms with Crippen molar-refractivity contribution in [2.75, 3.05) is 18.0 Å². The van der Waals surface area contributed by atoms with Crippen LogP contribution in [0.25, 0.3) is 0 Å². The van der Waals surface area contributed by atoms with Crippen molar-refractivity contribution in [3.8, 4) is 0 Å². The van der Waals surface area contributed by atoms with Crippen molar-refractivity contribution < 1.29 is 8.78 Å². The summed E-state index contributed by atoms with van der Waals surface area (Å²) in [5, 5.41) is 3.55. The van der Waals surface area contributed by atoms with Gasteiger partial charge in [0.2, 0.25) is 0 Å². The van der Waals surface area contributed by atoms with Crippen LogP contribution in [0.4, 0.5) is 14.5 Å². The number of nitrogens with one attached hydrogen (secondary N) is 1. The molecule has 1 aliphatic heterocycles. The molecule has 0 amide bonds. The zero-order valence-corrected chi connectivity index (χ0v) is 13.9. The fourth-order valence-corrected chi connectivity index (χ4v) is 3.49. The second kappa shape index (κ2) is 6.53. The number of piperazine rings is 1. The monoisotopic (exact) mass is 314 g/mol. The molecule has 0 aromatic heterocycles. The van der Waals surface area contributed by atoms with Gasteiger partial charge in [0, 0.05) is 29.6 Å². The summed E-state index contributed by atoms with van der Waals surface area (Å²) in [7, 11) is 0. The molecule has 118 valence electrons. The van der Waals surface area contributed by atoms with E-state index in [-0.39, 0.29) is 5.54 Å². The van der Waals surface area contributed by atoms with Gasteiger partial charge in [-0.25, -0.2) is 0 Å². The lowest BCUT2D eigenvalue weighted by Crippen LogP contribution is -2.63. The highest BCUT2D eigenvalue weighted by atomic mass is 32.2. The van der Waals surface area contributed by atoms with Gasteiger partial charge in [0.25, 0.3) is 5.76 Å². The molecule has 0 saturated carbocycles. The molecule has 21 heavy (non-hydrogen) atoms. The van der Waals surface area contributed by atoms with E-state index in [2.05, 4.69) is 37.9 Å². The van der Waals surface area contributed by atoms with Crippen LogP contribution in [0.3, 0.4) is 0 Å². The van der Waals surface area contributed by atoms with Gasteiger partial charge in [-0.1, -0.05) is 37.7 Å². The van der Waals surface area contributed by atoms with Crippen molar-refractivity contribution in [3.63, 3.8) is 0 Å². The molecule has 2 rings (SSSR count). The summed E-state index contributed by atoms with van der Waals surface area (Å²) in [6, 6.07) is 7.82. The summed E-state index contributed by atoms with van der Waals surface area (Å²) in [5.74, 6) is -1.93. The minimum absolute atomic E-state index is 0.0198. The van der Waals surface area contributed by atoms with Crippen LogP contribution in [0.5, 0.6) is 0 Å². The number of benzene rings is 1. The zero-order chi connectivity index (χ0) is 15.6. The maximum absolute atomic E-state index is 12.8. The van der Waals surface area contributed by atoms with E-state index in [0.717, 1.165) is 18.8 Å². The first kappa shape index (κ1) is 16.6. The number of hydrogen-bond donors (Lipinski definition) is 1. The molecule has 1 heterocycles. The second-order valence-electron chi connectivity index (χ2n) is 6.55. The third-order valence-corrected chi connectivity index (χ3v) is 4.69. The molecule has 1 unspecified atom stereocenters. The van der Waals surface area contributed by atoms with E-state index in [1.165, 1.54) is 0 Å². The average molecular weight is 314 g/mol. The second-order valence-corrected chi connectivity index (χ2v) is 7.58. The normalized spacial score (nSPS) is 22.1. The van der Waals surface area contributed by atoms with Crippen LogP contribution < -0.4 is 10.2 Å². The van der Waals surface area contributed by atoms with E-state index >= 15 is 0 Å². The Morgan fingerprint density at radius 1 is 1.29 bits per heavy atom. The van der Waals surface area contributed by atoms with Gasteiger partial charge in [0.1, 0.15) is 0 Å². The Labute approximate surface area is 130 Å². The van der Waals surface area contributed by atoms with Gasteiger partial charge in [-0.15, -0.1) is 0 Å². The molecule has 0 spiro atoms. The predicted octanol–water partition coefficient (Wildman–Crippen LogP) is 4.21. The number of halogens is 2. The fourth-order valence-electron chi connectivity index (χ4n) is 2.84. The number of rotatable bonds is 4. The molecular formula is C16H24F2N2S. The minimum Gasteiger partial charge on any atom is -0.364 e. The van der Waals surface area contributed by atoms with Gasteiger partial charge in [-0.2, -0.15) is 8.78 Å². The quantitative estimate of drug-likeness (QED) is 0.838. The van der Waals surface area contributed by atoms with Crippen molar-refractivity contribution in [1.29, 1.82) is 0 Å². The van der Waals surface area contributed by atoms with Crippen molar-refractivity contribution in [1.82, 2.24) is 5.32 Å². The van der Waals surface area contributed by atoms with E-state index in [4.69, 9.17) is 0 Å². The zero-order valence-electron chi connectivity index (χ0n) is 13.1. The minimum atomic E-state index is -2.39. The van der Waals surface area contributed by atoms with Gasteiger partial charge < -0.3 is 10.2 Å². The largest absolute Gasteiger partial charge is 0.364 e. The molecule has 1 aliphatic rings. The number of hydrogen-bond acceptors (Lipinski definition) is 3. The molecule has 0 radical (unpaired) electrons. The molecular weight excluding hydrogens is 290 g/mol. The smallest absolute Gasteiger partial charge is 0.288 e. The lowest BCUT2D eigenvalue weighted by atomic mass is 9.92. The third kappa shape index (κ3) is 4.10. The van der Waals surface area contributed by atoms with Crippen LogP contribution in [0.15, 0.2) is 29.2 Å². The molecule has 0 bridgehead atoms. The van der Waals surface area contributed by atoms with E-state index in [1.54, 1.807) is 6.07 Å². The van der Waals surface area contributed by atoms with Crippen molar-refractivity contribution in [3.05, 3.63) is 24.3 Å². The number of nitrogens with zero attached hydrogens (tertiary/aromatic N) is 1. The third-order valence-electron chi connectivity index (χ3n) is 3.92. The lowest BCUT2D eigenvalue weighted by Gasteiger charge is -2.48. The highest BCUT2D eigenvalue weighted by Gasteiger charge is 2.35. The molecule has 0 aliphatic carbocycles. The highest BCUT2D eigenvalue weighted by molar-refractivity contribution is 7.99. The van der Waals surface area contributed by atoms with Crippen LogP contribution in [-0.2, 0) is 0 Å². The van der Waals surface area contributed by atoms with Gasteiger partial charge in [-0.05, 0) is 31.9 Å². The first-order chi connectivity index (χ1) is 9.80. The summed E-state index contributed by atoms with van der Waals surface area (Å²) in [5.41, 5.74) is 0.907. The number of anilines is 1. The van der Waals surface area contributed by atoms with Crippen LogP contribution >= 0.6 is 11.8 Å². The molecule has 1 atom stereocenters. The lowest BCUT2D eigenvalue weighted by molar-refractivity contribution is 0.252. The van der Waals surface area contributed by atoms with Gasteiger partial charge >= 0.3 is 0 Å². The molecule has 1 aromatic rings. The van der Waals surface area contributed by atoms with Gasteiger partial charge in [0.15, 0.2) is 0 Å². The SMILES string of the molecule is CC(C)C1CNC(C)(C)CN1c1ccccc1SC(F)F. The van der Waals surface area contributed by atoms with E-state index in [1.807, 2.05) is 18.2 Å².